The van der Waals surface area contributed by atoms with Crippen LogP contribution in [0, 0.1) is 5.92 Å². The molecule has 30 heavy (non-hydrogen) atoms. The van der Waals surface area contributed by atoms with Crippen molar-refractivity contribution in [3.63, 3.8) is 0 Å². The summed E-state index contributed by atoms with van der Waals surface area (Å²) in [6, 6.07) is 13.9. The van der Waals surface area contributed by atoms with Gasteiger partial charge in [-0.3, -0.25) is 4.79 Å². The van der Waals surface area contributed by atoms with Gasteiger partial charge in [-0.05, 0) is 25.0 Å². The number of sulfonamides is 1. The number of amides is 1. The minimum absolute atomic E-state index is 0.0115. The fraction of sp³-hybridized carbons (Fsp3) is 0.476. The highest BCUT2D eigenvalue weighted by Crippen LogP contribution is 2.25. The lowest BCUT2D eigenvalue weighted by molar-refractivity contribution is -0.137. The van der Waals surface area contributed by atoms with Crippen LogP contribution in [0.15, 0.2) is 42.5 Å². The first-order valence-corrected chi connectivity index (χ1v) is 12.1. The molecular formula is C21H27N5O3S. The van der Waals surface area contributed by atoms with Gasteiger partial charge in [0.25, 0.3) is 0 Å². The Labute approximate surface area is 177 Å². The van der Waals surface area contributed by atoms with Crippen LogP contribution in [0.4, 0.5) is 5.82 Å². The van der Waals surface area contributed by atoms with Crippen LogP contribution in [0.2, 0.25) is 0 Å². The van der Waals surface area contributed by atoms with E-state index in [2.05, 4.69) is 15.1 Å². The van der Waals surface area contributed by atoms with Crippen molar-refractivity contribution >= 4 is 21.7 Å². The average Bonchev–Trinajstić information content (AvgIpc) is 2.79. The Morgan fingerprint density at radius 3 is 2.13 bits per heavy atom. The fourth-order valence-electron chi connectivity index (χ4n) is 4.11. The van der Waals surface area contributed by atoms with Crippen LogP contribution in [0.25, 0.3) is 11.3 Å². The van der Waals surface area contributed by atoms with Crippen molar-refractivity contribution in [1.29, 1.82) is 0 Å². The molecule has 3 heterocycles. The van der Waals surface area contributed by atoms with Gasteiger partial charge in [-0.25, -0.2) is 8.42 Å². The van der Waals surface area contributed by atoms with E-state index in [-0.39, 0.29) is 11.8 Å². The second-order valence-corrected chi connectivity index (χ2v) is 9.87. The minimum Gasteiger partial charge on any atom is -0.355 e. The maximum atomic E-state index is 12.9. The minimum atomic E-state index is -3.18. The summed E-state index contributed by atoms with van der Waals surface area (Å²) in [7, 11) is -3.18. The predicted octanol–water partition coefficient (Wildman–Crippen LogP) is 1.46. The molecule has 0 unspecified atom stereocenters. The van der Waals surface area contributed by atoms with E-state index in [4.69, 9.17) is 0 Å². The third-order valence-corrected chi connectivity index (χ3v) is 7.21. The number of nitrogens with zero attached hydrogens (tertiary/aromatic N) is 5. The summed E-state index contributed by atoms with van der Waals surface area (Å²) in [6.45, 7) is 3.23. The van der Waals surface area contributed by atoms with Gasteiger partial charge >= 0.3 is 0 Å². The van der Waals surface area contributed by atoms with Gasteiger partial charge in [0.15, 0.2) is 5.82 Å². The predicted molar refractivity (Wildman–Crippen MR) is 115 cm³/mol. The molecule has 9 heteroatoms. The lowest BCUT2D eigenvalue weighted by atomic mass is 9.95. The molecule has 2 saturated heterocycles. The van der Waals surface area contributed by atoms with E-state index in [1.165, 1.54) is 10.6 Å². The van der Waals surface area contributed by atoms with Crippen molar-refractivity contribution in [3.8, 4) is 11.3 Å². The third-order valence-electron chi connectivity index (χ3n) is 5.91. The number of benzene rings is 1. The molecule has 160 valence electrons. The molecule has 0 bridgehead atoms. The fourth-order valence-corrected chi connectivity index (χ4v) is 4.94. The lowest BCUT2D eigenvalue weighted by Crippen LogP contribution is -2.52. The molecule has 0 atom stereocenters. The average molecular weight is 430 g/mol. The Hall–Kier alpha value is -2.52. The molecule has 2 aliphatic heterocycles. The molecule has 0 radical (unpaired) electrons. The summed E-state index contributed by atoms with van der Waals surface area (Å²) in [5.41, 5.74) is 1.88. The topological polar surface area (TPSA) is 86.7 Å². The zero-order chi connectivity index (χ0) is 21.1. The maximum absolute atomic E-state index is 12.9. The van der Waals surface area contributed by atoms with Crippen LogP contribution in [-0.4, -0.2) is 79.3 Å². The number of carbonyl (C=O) groups excluding carboxylic acids is 1. The molecule has 0 spiro atoms. The summed E-state index contributed by atoms with van der Waals surface area (Å²) < 4.78 is 24.7. The summed E-state index contributed by atoms with van der Waals surface area (Å²) in [6.07, 6.45) is 2.76. The van der Waals surface area contributed by atoms with Gasteiger partial charge in [0, 0.05) is 50.7 Å². The summed E-state index contributed by atoms with van der Waals surface area (Å²) >= 11 is 0. The molecule has 2 aromatic rings. The highest BCUT2D eigenvalue weighted by Gasteiger charge is 2.32. The maximum Gasteiger partial charge on any atom is 0.225 e. The van der Waals surface area contributed by atoms with Crippen LogP contribution in [0.3, 0.4) is 0 Å². The first kappa shape index (κ1) is 20.7. The van der Waals surface area contributed by atoms with Gasteiger partial charge in [-0.2, -0.15) is 4.31 Å². The van der Waals surface area contributed by atoms with E-state index >= 15 is 0 Å². The number of rotatable bonds is 4. The quantitative estimate of drug-likeness (QED) is 0.731. The molecule has 2 aliphatic rings. The van der Waals surface area contributed by atoms with Crippen LogP contribution in [0.5, 0.6) is 0 Å². The number of anilines is 1. The van der Waals surface area contributed by atoms with Crippen LogP contribution in [-0.2, 0) is 14.8 Å². The smallest absolute Gasteiger partial charge is 0.225 e. The zero-order valence-electron chi connectivity index (χ0n) is 17.1. The van der Waals surface area contributed by atoms with Crippen molar-refractivity contribution in [1.82, 2.24) is 19.4 Å². The van der Waals surface area contributed by atoms with Gasteiger partial charge < -0.3 is 9.80 Å². The second kappa shape index (κ2) is 8.69. The van der Waals surface area contributed by atoms with E-state index in [1.807, 2.05) is 47.4 Å². The molecule has 2 fully saturated rings. The van der Waals surface area contributed by atoms with Gasteiger partial charge in [0.05, 0.1) is 11.9 Å². The largest absolute Gasteiger partial charge is 0.355 e. The molecule has 4 rings (SSSR count). The Bertz CT molecular complexity index is 965. The number of carbonyl (C=O) groups is 1. The monoisotopic (exact) mass is 429 g/mol. The molecule has 8 nitrogen and oxygen atoms in total. The Balaban J connectivity index is 1.30. The van der Waals surface area contributed by atoms with E-state index < -0.39 is 10.0 Å². The summed E-state index contributed by atoms with van der Waals surface area (Å²) in [5.74, 6) is 0.971. The normalized spacial score (nSPS) is 19.1. The van der Waals surface area contributed by atoms with E-state index in [1.54, 1.807) is 0 Å². The zero-order valence-corrected chi connectivity index (χ0v) is 18.0. The van der Waals surface area contributed by atoms with Gasteiger partial charge in [-0.1, -0.05) is 30.3 Å². The molecule has 1 amide bonds. The van der Waals surface area contributed by atoms with Gasteiger partial charge in [-0.15, -0.1) is 10.2 Å². The molecular weight excluding hydrogens is 402 g/mol. The first-order chi connectivity index (χ1) is 14.4. The molecule has 0 N–H and O–H groups in total. The lowest BCUT2D eigenvalue weighted by Gasteiger charge is -2.38. The highest BCUT2D eigenvalue weighted by molar-refractivity contribution is 7.88. The van der Waals surface area contributed by atoms with Crippen molar-refractivity contribution < 1.29 is 13.2 Å². The molecule has 1 aromatic heterocycles. The Morgan fingerprint density at radius 2 is 1.57 bits per heavy atom. The number of aromatic nitrogens is 2. The Morgan fingerprint density at radius 1 is 0.900 bits per heavy atom. The van der Waals surface area contributed by atoms with Crippen molar-refractivity contribution in [2.45, 2.75) is 12.8 Å². The van der Waals surface area contributed by atoms with Crippen LogP contribution < -0.4 is 4.90 Å². The van der Waals surface area contributed by atoms with Gasteiger partial charge in [0.1, 0.15) is 0 Å². The number of hydrogen-bond acceptors (Lipinski definition) is 6. The molecule has 0 aliphatic carbocycles. The number of piperidine rings is 1. The van der Waals surface area contributed by atoms with Crippen molar-refractivity contribution in [2.75, 3.05) is 50.4 Å². The van der Waals surface area contributed by atoms with Crippen LogP contribution >= 0.6 is 0 Å². The van der Waals surface area contributed by atoms with Gasteiger partial charge in [0.2, 0.25) is 15.9 Å². The highest BCUT2D eigenvalue weighted by atomic mass is 32.2. The number of piperazine rings is 1. The van der Waals surface area contributed by atoms with Crippen LogP contribution in [0.1, 0.15) is 12.8 Å². The van der Waals surface area contributed by atoms with E-state index in [9.17, 15) is 13.2 Å². The standard InChI is InChI=1S/C21H27N5O3S/c1-30(28,29)26-15-13-25(14-16-26)21(27)18-9-11-24(12-10-18)20-8-7-19(22-23-20)17-5-3-2-4-6-17/h2-8,18H,9-16H2,1H3. The van der Waals surface area contributed by atoms with E-state index in [0.717, 1.165) is 43.0 Å². The summed E-state index contributed by atoms with van der Waals surface area (Å²) in [4.78, 5) is 16.9. The Kier molecular flexibility index (Phi) is 6.01. The second-order valence-electron chi connectivity index (χ2n) is 7.89. The third kappa shape index (κ3) is 4.62. The SMILES string of the molecule is CS(=O)(=O)N1CCN(C(=O)C2CCN(c3ccc(-c4ccccc4)nn3)CC2)CC1. The van der Waals surface area contributed by atoms with E-state index in [0.29, 0.717) is 26.2 Å². The molecule has 0 saturated carbocycles. The first-order valence-electron chi connectivity index (χ1n) is 10.3. The van der Waals surface area contributed by atoms with Crippen molar-refractivity contribution in [2.24, 2.45) is 5.92 Å². The molecule has 1 aromatic carbocycles. The summed E-state index contributed by atoms with van der Waals surface area (Å²) in [5, 5.41) is 8.75. The van der Waals surface area contributed by atoms with Crippen molar-refractivity contribution in [3.05, 3.63) is 42.5 Å². The number of hydrogen-bond donors (Lipinski definition) is 0.